The summed E-state index contributed by atoms with van der Waals surface area (Å²) in [5.74, 6) is 0.331. The summed E-state index contributed by atoms with van der Waals surface area (Å²) in [5.41, 5.74) is -1.44. The van der Waals surface area contributed by atoms with Gasteiger partial charge in [-0.05, 0) is 25.1 Å². The Bertz CT molecular complexity index is 620. The summed E-state index contributed by atoms with van der Waals surface area (Å²) in [6, 6.07) is 3.19. The molecule has 0 fully saturated rings. The molecule has 0 amide bonds. The van der Waals surface area contributed by atoms with Gasteiger partial charge in [0.1, 0.15) is 5.75 Å². The van der Waals surface area contributed by atoms with Crippen LogP contribution in [0.3, 0.4) is 0 Å². The summed E-state index contributed by atoms with van der Waals surface area (Å²) in [6.45, 7) is 2.50. The van der Waals surface area contributed by atoms with E-state index in [-0.39, 0.29) is 12.0 Å². The highest BCUT2D eigenvalue weighted by Gasteiger charge is 2.33. The number of aldehydes is 1. The molecule has 4 nitrogen and oxygen atoms in total. The monoisotopic (exact) mass is 284 g/mol. The van der Waals surface area contributed by atoms with Crippen LogP contribution in [0.25, 0.3) is 0 Å². The fourth-order valence-corrected chi connectivity index (χ4v) is 1.65. The van der Waals surface area contributed by atoms with Crippen LogP contribution in [0.4, 0.5) is 13.2 Å². The highest BCUT2D eigenvalue weighted by Crippen LogP contribution is 2.34. The lowest BCUT2D eigenvalue weighted by Crippen LogP contribution is -2.08. The van der Waals surface area contributed by atoms with Gasteiger partial charge in [0.25, 0.3) is 0 Å². The molecular formula is C13H11F3N2O2. The Hall–Kier alpha value is -2.31. The molecule has 0 saturated carbocycles. The van der Waals surface area contributed by atoms with E-state index in [2.05, 4.69) is 5.10 Å². The molecule has 0 spiro atoms. The first-order chi connectivity index (χ1) is 9.44. The minimum atomic E-state index is -4.61. The van der Waals surface area contributed by atoms with Crippen LogP contribution < -0.4 is 4.74 Å². The molecule has 1 aromatic carbocycles. The third kappa shape index (κ3) is 2.98. The molecule has 2 rings (SSSR count). The molecular weight excluding hydrogens is 273 g/mol. The molecule has 0 radical (unpaired) electrons. The van der Waals surface area contributed by atoms with Crippen LogP contribution in [-0.2, 0) is 12.7 Å². The lowest BCUT2D eigenvalue weighted by molar-refractivity contribution is -0.137. The third-order valence-electron chi connectivity index (χ3n) is 2.63. The SMILES string of the molecule is CCn1cc(Oc2ccc(C=O)c(C(F)(F)F)c2)cn1. The maximum atomic E-state index is 12.8. The van der Waals surface area contributed by atoms with Crippen LogP contribution in [0.1, 0.15) is 22.8 Å². The van der Waals surface area contributed by atoms with Crippen LogP contribution in [0.2, 0.25) is 0 Å². The van der Waals surface area contributed by atoms with E-state index >= 15 is 0 Å². The van der Waals surface area contributed by atoms with Crippen LogP contribution in [0, 0.1) is 0 Å². The molecule has 20 heavy (non-hydrogen) atoms. The van der Waals surface area contributed by atoms with E-state index < -0.39 is 17.3 Å². The van der Waals surface area contributed by atoms with E-state index in [4.69, 9.17) is 4.74 Å². The van der Waals surface area contributed by atoms with Gasteiger partial charge >= 0.3 is 6.18 Å². The number of halogens is 3. The van der Waals surface area contributed by atoms with Crippen molar-refractivity contribution < 1.29 is 22.7 Å². The zero-order chi connectivity index (χ0) is 14.8. The molecule has 0 saturated heterocycles. The highest BCUT2D eigenvalue weighted by molar-refractivity contribution is 5.78. The number of nitrogens with zero attached hydrogens (tertiary/aromatic N) is 2. The number of aryl methyl sites for hydroxylation is 1. The molecule has 106 valence electrons. The molecule has 0 aliphatic rings. The second-order valence-electron chi connectivity index (χ2n) is 4.00. The first-order valence-corrected chi connectivity index (χ1v) is 5.80. The van der Waals surface area contributed by atoms with Crippen LogP contribution in [-0.4, -0.2) is 16.1 Å². The van der Waals surface area contributed by atoms with E-state index in [1.807, 2.05) is 6.92 Å². The highest BCUT2D eigenvalue weighted by atomic mass is 19.4. The van der Waals surface area contributed by atoms with Gasteiger partial charge in [0.2, 0.25) is 0 Å². The number of hydrogen-bond acceptors (Lipinski definition) is 3. The minimum Gasteiger partial charge on any atom is -0.454 e. The lowest BCUT2D eigenvalue weighted by Gasteiger charge is -2.11. The fourth-order valence-electron chi connectivity index (χ4n) is 1.65. The van der Waals surface area contributed by atoms with Crippen LogP contribution in [0.5, 0.6) is 11.5 Å². The number of alkyl halides is 3. The van der Waals surface area contributed by atoms with Gasteiger partial charge in [0.15, 0.2) is 12.0 Å². The van der Waals surface area contributed by atoms with Crippen LogP contribution in [0.15, 0.2) is 30.6 Å². The molecule has 0 unspecified atom stereocenters. The maximum Gasteiger partial charge on any atom is 0.417 e. The zero-order valence-electron chi connectivity index (χ0n) is 10.5. The standard InChI is InChI=1S/C13H11F3N2O2/c1-2-18-7-11(6-17-18)20-10-4-3-9(8-19)12(5-10)13(14,15)16/h3-8H,2H2,1H3. The van der Waals surface area contributed by atoms with Crippen molar-refractivity contribution in [2.24, 2.45) is 0 Å². The summed E-state index contributed by atoms with van der Waals surface area (Å²) >= 11 is 0. The Labute approximate surface area is 112 Å². The fraction of sp³-hybridized carbons (Fsp3) is 0.231. The zero-order valence-corrected chi connectivity index (χ0v) is 10.5. The van der Waals surface area contributed by atoms with Crippen molar-refractivity contribution in [2.75, 3.05) is 0 Å². The summed E-state index contributed by atoms with van der Waals surface area (Å²) in [6.07, 6.45) is -1.46. The normalized spacial score (nSPS) is 11.4. The van der Waals surface area contributed by atoms with Crippen molar-refractivity contribution in [1.82, 2.24) is 9.78 Å². The minimum absolute atomic E-state index is 0.00132. The van der Waals surface area contributed by atoms with Gasteiger partial charge < -0.3 is 4.74 Å². The molecule has 0 bridgehead atoms. The second kappa shape index (κ2) is 5.36. The van der Waals surface area contributed by atoms with Gasteiger partial charge in [-0.3, -0.25) is 9.48 Å². The number of hydrogen-bond donors (Lipinski definition) is 0. The quantitative estimate of drug-likeness (QED) is 0.807. The second-order valence-corrected chi connectivity index (χ2v) is 4.00. The smallest absolute Gasteiger partial charge is 0.417 e. The van der Waals surface area contributed by atoms with Crippen molar-refractivity contribution in [3.8, 4) is 11.5 Å². The Kier molecular flexibility index (Phi) is 3.78. The van der Waals surface area contributed by atoms with Gasteiger partial charge in [-0.15, -0.1) is 0 Å². The summed E-state index contributed by atoms with van der Waals surface area (Å²) in [5, 5.41) is 3.95. The lowest BCUT2D eigenvalue weighted by atomic mass is 10.1. The molecule has 2 aromatic rings. The van der Waals surface area contributed by atoms with Crippen molar-refractivity contribution in [3.63, 3.8) is 0 Å². The molecule has 0 aliphatic heterocycles. The van der Waals surface area contributed by atoms with Gasteiger partial charge in [0.05, 0.1) is 18.0 Å². The number of carbonyl (C=O) groups is 1. The topological polar surface area (TPSA) is 44.1 Å². The van der Waals surface area contributed by atoms with Crippen LogP contribution >= 0.6 is 0 Å². The largest absolute Gasteiger partial charge is 0.454 e. The first-order valence-electron chi connectivity index (χ1n) is 5.80. The number of carbonyl (C=O) groups excluding carboxylic acids is 1. The molecule has 0 N–H and O–H groups in total. The Morgan fingerprint density at radius 2 is 2.10 bits per heavy atom. The number of ether oxygens (including phenoxy) is 1. The van der Waals surface area contributed by atoms with Gasteiger partial charge in [0, 0.05) is 12.1 Å². The van der Waals surface area contributed by atoms with E-state index in [1.165, 1.54) is 12.3 Å². The first kappa shape index (κ1) is 14.1. The van der Waals surface area contributed by atoms with Gasteiger partial charge in [-0.1, -0.05) is 0 Å². The van der Waals surface area contributed by atoms with E-state index in [0.29, 0.717) is 12.3 Å². The Morgan fingerprint density at radius 1 is 1.35 bits per heavy atom. The summed E-state index contributed by atoms with van der Waals surface area (Å²) < 4.78 is 45.2. The molecule has 1 aromatic heterocycles. The van der Waals surface area contributed by atoms with Crippen molar-refractivity contribution in [1.29, 1.82) is 0 Å². The molecule has 7 heteroatoms. The Balaban J connectivity index is 2.31. The average molecular weight is 284 g/mol. The van der Waals surface area contributed by atoms with E-state index in [1.54, 1.807) is 10.9 Å². The molecule has 0 aliphatic carbocycles. The number of rotatable bonds is 4. The van der Waals surface area contributed by atoms with E-state index in [9.17, 15) is 18.0 Å². The Morgan fingerprint density at radius 3 is 2.65 bits per heavy atom. The summed E-state index contributed by atoms with van der Waals surface area (Å²) in [7, 11) is 0. The average Bonchev–Trinajstić information content (AvgIpc) is 2.85. The van der Waals surface area contributed by atoms with Crippen molar-refractivity contribution in [2.45, 2.75) is 19.6 Å². The predicted molar refractivity (Wildman–Crippen MR) is 64.8 cm³/mol. The van der Waals surface area contributed by atoms with Crippen molar-refractivity contribution in [3.05, 3.63) is 41.7 Å². The molecule has 1 heterocycles. The maximum absolute atomic E-state index is 12.8. The molecule has 0 atom stereocenters. The van der Waals surface area contributed by atoms with Gasteiger partial charge in [-0.25, -0.2) is 0 Å². The predicted octanol–water partition coefficient (Wildman–Crippen LogP) is 3.53. The number of aromatic nitrogens is 2. The van der Waals surface area contributed by atoms with Crippen molar-refractivity contribution >= 4 is 6.29 Å². The van der Waals surface area contributed by atoms with Gasteiger partial charge in [-0.2, -0.15) is 18.3 Å². The van der Waals surface area contributed by atoms with E-state index in [0.717, 1.165) is 12.1 Å². The number of benzene rings is 1. The summed E-state index contributed by atoms with van der Waals surface area (Å²) in [4.78, 5) is 10.6. The third-order valence-corrected chi connectivity index (χ3v) is 2.63.